The fourth-order valence-electron chi connectivity index (χ4n) is 1.22. The van der Waals surface area contributed by atoms with E-state index in [1.165, 1.54) is 13.2 Å². The van der Waals surface area contributed by atoms with Crippen molar-refractivity contribution in [3.63, 3.8) is 0 Å². The van der Waals surface area contributed by atoms with Crippen molar-refractivity contribution in [2.24, 2.45) is 0 Å². The van der Waals surface area contributed by atoms with E-state index in [0.29, 0.717) is 24.3 Å². The average Bonchev–Trinajstić information content (AvgIpc) is 2.88. The SMILES string of the molecule is CC.COC(=O)c1cc(C#CCCCCl)[nH]c1C=O. The van der Waals surface area contributed by atoms with Gasteiger partial charge < -0.3 is 9.72 Å². The summed E-state index contributed by atoms with van der Waals surface area (Å²) < 4.78 is 4.55. The van der Waals surface area contributed by atoms with Gasteiger partial charge in [0.25, 0.3) is 0 Å². The number of hydrogen-bond acceptors (Lipinski definition) is 3. The number of carbonyl (C=O) groups excluding carboxylic acids is 2. The van der Waals surface area contributed by atoms with Gasteiger partial charge in [0.2, 0.25) is 0 Å². The number of rotatable bonds is 4. The van der Waals surface area contributed by atoms with Crippen LogP contribution in [-0.4, -0.2) is 30.2 Å². The van der Waals surface area contributed by atoms with E-state index >= 15 is 0 Å². The number of carbonyl (C=O) groups is 2. The maximum atomic E-state index is 11.3. The number of nitrogens with one attached hydrogen (secondary N) is 1. The second-order valence-electron chi connectivity index (χ2n) is 3.21. The number of unbranched alkanes of at least 4 members (excludes halogenated alkanes) is 1. The highest BCUT2D eigenvalue weighted by Gasteiger charge is 2.14. The fraction of sp³-hybridized carbons (Fsp3) is 0.429. The first kappa shape index (κ1) is 17.3. The normalized spacial score (nSPS) is 8.63. The Morgan fingerprint density at radius 1 is 1.53 bits per heavy atom. The second kappa shape index (κ2) is 10.2. The van der Waals surface area contributed by atoms with Crippen molar-refractivity contribution in [1.29, 1.82) is 0 Å². The Kier molecular flexibility index (Phi) is 9.29. The molecular weight excluding hydrogens is 266 g/mol. The van der Waals surface area contributed by atoms with Crippen LogP contribution >= 0.6 is 11.6 Å². The third kappa shape index (κ3) is 5.62. The summed E-state index contributed by atoms with van der Waals surface area (Å²) >= 11 is 5.51. The predicted octanol–water partition coefficient (Wildman–Crippen LogP) is 3.01. The quantitative estimate of drug-likeness (QED) is 0.304. The Balaban J connectivity index is 0.00000154. The zero-order valence-corrected chi connectivity index (χ0v) is 12.1. The maximum absolute atomic E-state index is 11.3. The molecule has 4 nitrogen and oxygen atoms in total. The van der Waals surface area contributed by atoms with Crippen LogP contribution in [0.5, 0.6) is 0 Å². The van der Waals surface area contributed by atoms with Gasteiger partial charge in [0.1, 0.15) is 0 Å². The molecule has 0 spiro atoms. The summed E-state index contributed by atoms with van der Waals surface area (Å²) in [5.41, 5.74) is 0.893. The number of aldehydes is 1. The van der Waals surface area contributed by atoms with Crippen LogP contribution in [0.2, 0.25) is 0 Å². The molecule has 0 aliphatic heterocycles. The summed E-state index contributed by atoms with van der Waals surface area (Å²) in [5.74, 6) is 5.72. The molecule has 0 aliphatic rings. The van der Waals surface area contributed by atoms with Gasteiger partial charge >= 0.3 is 5.97 Å². The molecule has 1 aromatic rings. The van der Waals surface area contributed by atoms with Crippen molar-refractivity contribution < 1.29 is 14.3 Å². The van der Waals surface area contributed by atoms with Gasteiger partial charge in [-0.2, -0.15) is 0 Å². The molecule has 1 rings (SSSR count). The topological polar surface area (TPSA) is 59.2 Å². The Morgan fingerprint density at radius 2 is 2.21 bits per heavy atom. The van der Waals surface area contributed by atoms with Crippen molar-refractivity contribution in [3.8, 4) is 11.8 Å². The van der Waals surface area contributed by atoms with Gasteiger partial charge in [0.05, 0.1) is 24.1 Å². The molecule has 0 radical (unpaired) electrons. The lowest BCUT2D eigenvalue weighted by Crippen LogP contribution is -2.02. The zero-order valence-electron chi connectivity index (χ0n) is 11.4. The number of esters is 1. The minimum Gasteiger partial charge on any atom is -0.465 e. The first-order valence-electron chi connectivity index (χ1n) is 6.04. The van der Waals surface area contributed by atoms with E-state index in [9.17, 15) is 9.59 Å². The highest BCUT2D eigenvalue weighted by molar-refractivity contribution is 6.17. The number of aromatic nitrogens is 1. The Labute approximate surface area is 118 Å². The Hall–Kier alpha value is -1.73. The fourth-order valence-corrected chi connectivity index (χ4v) is 1.36. The second-order valence-corrected chi connectivity index (χ2v) is 3.59. The number of methoxy groups -OCH3 is 1. The number of aromatic amines is 1. The number of halogens is 1. The summed E-state index contributed by atoms with van der Waals surface area (Å²) in [4.78, 5) is 24.8. The largest absolute Gasteiger partial charge is 0.465 e. The van der Waals surface area contributed by atoms with Gasteiger partial charge in [-0.3, -0.25) is 4.79 Å². The van der Waals surface area contributed by atoms with Crippen molar-refractivity contribution in [2.45, 2.75) is 26.7 Å². The van der Waals surface area contributed by atoms with Crippen molar-refractivity contribution in [2.75, 3.05) is 13.0 Å². The molecule has 19 heavy (non-hydrogen) atoms. The van der Waals surface area contributed by atoms with E-state index in [1.807, 2.05) is 13.8 Å². The molecule has 0 saturated carbocycles. The lowest BCUT2D eigenvalue weighted by molar-refractivity contribution is 0.0598. The molecule has 5 heteroatoms. The van der Waals surface area contributed by atoms with E-state index in [2.05, 4.69) is 21.6 Å². The predicted molar refractivity (Wildman–Crippen MR) is 75.7 cm³/mol. The van der Waals surface area contributed by atoms with E-state index in [1.54, 1.807) is 0 Å². The van der Waals surface area contributed by atoms with Gasteiger partial charge in [0.15, 0.2) is 6.29 Å². The number of hydrogen-bond donors (Lipinski definition) is 1. The third-order valence-corrected chi connectivity index (χ3v) is 2.30. The summed E-state index contributed by atoms with van der Waals surface area (Å²) in [6.07, 6.45) is 2.04. The molecule has 0 saturated heterocycles. The molecule has 1 heterocycles. The van der Waals surface area contributed by atoms with Crippen LogP contribution in [-0.2, 0) is 4.74 Å². The monoisotopic (exact) mass is 283 g/mol. The average molecular weight is 284 g/mol. The van der Waals surface area contributed by atoms with Gasteiger partial charge in [-0.05, 0) is 18.4 Å². The number of alkyl halides is 1. The van der Waals surface area contributed by atoms with Crippen LogP contribution in [0, 0.1) is 11.8 Å². The molecule has 1 aromatic heterocycles. The van der Waals surface area contributed by atoms with E-state index < -0.39 is 5.97 Å². The number of ether oxygens (including phenoxy) is 1. The van der Waals surface area contributed by atoms with Gasteiger partial charge in [-0.15, -0.1) is 11.6 Å². The van der Waals surface area contributed by atoms with Crippen molar-refractivity contribution in [3.05, 3.63) is 23.0 Å². The van der Waals surface area contributed by atoms with E-state index in [0.717, 1.165) is 6.42 Å². The number of H-pyrrole nitrogens is 1. The van der Waals surface area contributed by atoms with Crippen LogP contribution in [0.4, 0.5) is 0 Å². The lowest BCUT2D eigenvalue weighted by atomic mass is 10.2. The van der Waals surface area contributed by atoms with Crippen LogP contribution in [0.1, 0.15) is 53.2 Å². The van der Waals surface area contributed by atoms with Crippen molar-refractivity contribution in [1.82, 2.24) is 4.98 Å². The molecule has 0 aliphatic carbocycles. The standard InChI is InChI=1S/C12H12ClNO3.C2H6/c1-17-12(16)10-7-9(14-11(10)8-15)5-3-2-4-6-13;1-2/h7-8,14H,2,4,6H2,1H3;1-2H3. The maximum Gasteiger partial charge on any atom is 0.340 e. The molecule has 0 fully saturated rings. The Morgan fingerprint density at radius 3 is 2.74 bits per heavy atom. The summed E-state index contributed by atoms with van der Waals surface area (Å²) in [6.45, 7) is 4.00. The minimum absolute atomic E-state index is 0.179. The smallest absolute Gasteiger partial charge is 0.340 e. The molecule has 1 N–H and O–H groups in total. The Bertz CT molecular complexity index is 469. The summed E-state index contributed by atoms with van der Waals surface area (Å²) in [7, 11) is 1.26. The van der Waals surface area contributed by atoms with E-state index in [4.69, 9.17) is 11.6 Å². The highest BCUT2D eigenvalue weighted by atomic mass is 35.5. The molecule has 0 bridgehead atoms. The van der Waals surface area contributed by atoms with Crippen LogP contribution in [0.25, 0.3) is 0 Å². The van der Waals surface area contributed by atoms with Gasteiger partial charge in [0, 0.05) is 12.3 Å². The van der Waals surface area contributed by atoms with Crippen molar-refractivity contribution >= 4 is 23.9 Å². The minimum atomic E-state index is -0.558. The summed E-state index contributed by atoms with van der Waals surface area (Å²) in [5, 5.41) is 0. The van der Waals surface area contributed by atoms with E-state index in [-0.39, 0.29) is 11.3 Å². The van der Waals surface area contributed by atoms with Gasteiger partial charge in [-0.1, -0.05) is 19.8 Å². The molecule has 0 amide bonds. The first-order valence-corrected chi connectivity index (χ1v) is 6.57. The lowest BCUT2D eigenvalue weighted by Gasteiger charge is -1.94. The van der Waals surface area contributed by atoms with Gasteiger partial charge in [-0.25, -0.2) is 4.79 Å². The molecule has 0 aromatic carbocycles. The molecule has 0 unspecified atom stereocenters. The molecule has 104 valence electrons. The molecule has 0 atom stereocenters. The highest BCUT2D eigenvalue weighted by Crippen LogP contribution is 2.10. The van der Waals surface area contributed by atoms with Crippen LogP contribution < -0.4 is 0 Å². The summed E-state index contributed by atoms with van der Waals surface area (Å²) in [6, 6.07) is 1.50. The van der Waals surface area contributed by atoms with Crippen LogP contribution in [0.3, 0.4) is 0 Å². The van der Waals surface area contributed by atoms with Crippen LogP contribution in [0.15, 0.2) is 6.07 Å². The first-order chi connectivity index (χ1) is 9.22. The molecular formula is C14H18ClNO3. The zero-order chi connectivity index (χ0) is 14.7. The third-order valence-electron chi connectivity index (χ3n) is 2.03.